The summed E-state index contributed by atoms with van der Waals surface area (Å²) in [6.45, 7) is 2.58. The van der Waals surface area contributed by atoms with Gasteiger partial charge in [0.1, 0.15) is 5.82 Å². The fraction of sp³-hybridized carbons (Fsp3) is 0.500. The van der Waals surface area contributed by atoms with Crippen LogP contribution in [-0.4, -0.2) is 52.2 Å². The van der Waals surface area contributed by atoms with E-state index >= 15 is 0 Å². The number of nitrogens with one attached hydrogen (secondary N) is 1. The lowest BCUT2D eigenvalue weighted by molar-refractivity contribution is -0.137. The third-order valence-electron chi connectivity index (χ3n) is 5.85. The molecule has 0 radical (unpaired) electrons. The van der Waals surface area contributed by atoms with Crippen molar-refractivity contribution < 1.29 is 22.4 Å². The first-order valence-corrected chi connectivity index (χ1v) is 9.70. The van der Waals surface area contributed by atoms with E-state index in [1.807, 2.05) is 11.0 Å². The summed E-state index contributed by atoms with van der Waals surface area (Å²) in [4.78, 5) is 16.2. The number of carbonyl (C=O) groups excluding carboxylic acids is 1. The summed E-state index contributed by atoms with van der Waals surface area (Å²) in [5.41, 5.74) is 0.350. The highest BCUT2D eigenvalue weighted by molar-refractivity contribution is 5.75. The number of amides is 2. The van der Waals surface area contributed by atoms with Crippen LogP contribution in [-0.2, 0) is 12.6 Å². The Labute approximate surface area is 165 Å². The summed E-state index contributed by atoms with van der Waals surface area (Å²) < 4.78 is 51.8. The third-order valence-corrected chi connectivity index (χ3v) is 5.85. The Balaban J connectivity index is 1.23. The summed E-state index contributed by atoms with van der Waals surface area (Å²) in [5, 5.41) is 6.91. The molecular formula is C20H22F4N4O. The molecule has 2 aliphatic rings. The van der Waals surface area contributed by atoms with Gasteiger partial charge in [0.15, 0.2) is 0 Å². The molecule has 1 N–H and O–H groups in total. The second-order valence-electron chi connectivity index (χ2n) is 7.84. The molecule has 0 saturated carbocycles. The first kappa shape index (κ1) is 19.7. The van der Waals surface area contributed by atoms with Crippen molar-refractivity contribution in [1.29, 1.82) is 0 Å². The average Bonchev–Trinajstić information content (AvgIpc) is 3.31. The van der Waals surface area contributed by atoms with Gasteiger partial charge in [0.05, 0.1) is 5.56 Å². The Hall–Kier alpha value is -2.58. The second-order valence-corrected chi connectivity index (χ2v) is 7.84. The molecule has 2 aromatic rings. The number of hydrogen-bond donors (Lipinski definition) is 1. The van der Waals surface area contributed by atoms with E-state index in [0.717, 1.165) is 18.2 Å². The quantitative estimate of drug-likeness (QED) is 0.774. The zero-order valence-corrected chi connectivity index (χ0v) is 15.8. The molecule has 1 aromatic carbocycles. The number of aromatic nitrogens is 2. The number of alkyl halides is 3. The Kier molecular flexibility index (Phi) is 5.23. The van der Waals surface area contributed by atoms with Crippen molar-refractivity contribution in [3.8, 4) is 0 Å². The number of H-pyrrole nitrogens is 1. The van der Waals surface area contributed by atoms with Gasteiger partial charge in [-0.1, -0.05) is 6.07 Å². The van der Waals surface area contributed by atoms with E-state index in [1.165, 1.54) is 6.07 Å². The van der Waals surface area contributed by atoms with Crippen LogP contribution in [0.2, 0.25) is 0 Å². The Morgan fingerprint density at radius 1 is 1.17 bits per heavy atom. The van der Waals surface area contributed by atoms with E-state index in [1.54, 1.807) is 11.1 Å². The number of halogens is 4. The van der Waals surface area contributed by atoms with E-state index in [4.69, 9.17) is 0 Å². The van der Waals surface area contributed by atoms with Crippen molar-refractivity contribution >= 4 is 6.03 Å². The maximum atomic E-state index is 13.9. The van der Waals surface area contributed by atoms with E-state index in [9.17, 15) is 22.4 Å². The minimum Gasteiger partial charge on any atom is -0.324 e. The molecule has 156 valence electrons. The van der Waals surface area contributed by atoms with Crippen LogP contribution in [0.4, 0.5) is 22.4 Å². The first-order valence-electron chi connectivity index (χ1n) is 9.70. The summed E-state index contributed by atoms with van der Waals surface area (Å²) >= 11 is 0. The zero-order valence-electron chi connectivity index (χ0n) is 15.8. The van der Waals surface area contributed by atoms with Gasteiger partial charge in [-0.15, -0.1) is 0 Å². The van der Waals surface area contributed by atoms with Gasteiger partial charge in [0, 0.05) is 44.0 Å². The van der Waals surface area contributed by atoms with Gasteiger partial charge in [-0.05, 0) is 48.9 Å². The molecule has 9 heteroatoms. The molecule has 5 nitrogen and oxygen atoms in total. The van der Waals surface area contributed by atoms with Gasteiger partial charge in [-0.3, -0.25) is 5.10 Å². The molecule has 0 spiro atoms. The summed E-state index contributed by atoms with van der Waals surface area (Å²) in [6.07, 6.45) is -0.928. The lowest BCUT2D eigenvalue weighted by Crippen LogP contribution is -2.54. The molecule has 2 amide bonds. The van der Waals surface area contributed by atoms with Crippen molar-refractivity contribution in [1.82, 2.24) is 20.0 Å². The van der Waals surface area contributed by atoms with Gasteiger partial charge in [-0.25, -0.2) is 9.18 Å². The minimum absolute atomic E-state index is 0.0176. The van der Waals surface area contributed by atoms with Crippen LogP contribution in [0, 0.1) is 11.7 Å². The SMILES string of the molecule is O=C(N1CC(CCc2ccc(C(F)(F)F)cc2F)C1)N1CC[C@H](c2ccn[nH]2)C1. The van der Waals surface area contributed by atoms with Crippen LogP contribution >= 0.6 is 0 Å². The van der Waals surface area contributed by atoms with Crippen LogP contribution in [0.5, 0.6) is 0 Å². The number of benzene rings is 1. The molecule has 1 atom stereocenters. The number of nitrogens with zero attached hydrogens (tertiary/aromatic N) is 3. The van der Waals surface area contributed by atoms with Crippen molar-refractivity contribution in [2.45, 2.75) is 31.4 Å². The topological polar surface area (TPSA) is 52.2 Å². The molecule has 2 aliphatic heterocycles. The first-order chi connectivity index (χ1) is 13.8. The van der Waals surface area contributed by atoms with Gasteiger partial charge < -0.3 is 9.80 Å². The Bertz CT molecular complexity index is 862. The number of hydrogen-bond acceptors (Lipinski definition) is 2. The number of rotatable bonds is 4. The van der Waals surface area contributed by atoms with Crippen LogP contribution in [0.3, 0.4) is 0 Å². The molecule has 0 bridgehead atoms. The van der Waals surface area contributed by atoms with Crippen LogP contribution in [0.15, 0.2) is 30.5 Å². The predicted octanol–water partition coefficient (Wildman–Crippen LogP) is 4.04. The van der Waals surface area contributed by atoms with Gasteiger partial charge in [0.25, 0.3) is 0 Å². The van der Waals surface area contributed by atoms with Crippen LogP contribution < -0.4 is 0 Å². The standard InChI is InChI=1S/C20H22F4N4O/c21-17-9-16(20(22,23)24)4-3-14(17)2-1-13-10-28(11-13)19(29)27-8-6-15(12-27)18-5-7-25-26-18/h3-5,7,9,13,15H,1-2,6,8,10-12H2,(H,25,26)/t15-/m0/s1. The van der Waals surface area contributed by atoms with Crippen molar-refractivity contribution in [3.63, 3.8) is 0 Å². The molecule has 3 heterocycles. The number of carbonyl (C=O) groups is 1. The number of likely N-dealkylation sites (tertiary alicyclic amines) is 2. The fourth-order valence-corrected chi connectivity index (χ4v) is 4.08. The van der Waals surface area contributed by atoms with Crippen LogP contribution in [0.1, 0.15) is 35.6 Å². The highest BCUT2D eigenvalue weighted by Gasteiger charge is 2.36. The molecule has 4 rings (SSSR count). The fourth-order valence-electron chi connectivity index (χ4n) is 4.08. The maximum absolute atomic E-state index is 13.9. The van der Waals surface area contributed by atoms with Crippen molar-refractivity contribution in [2.24, 2.45) is 5.92 Å². The van der Waals surface area contributed by atoms with E-state index in [0.29, 0.717) is 45.1 Å². The van der Waals surface area contributed by atoms with E-state index < -0.39 is 17.6 Å². The van der Waals surface area contributed by atoms with Gasteiger partial charge >= 0.3 is 12.2 Å². The highest BCUT2D eigenvalue weighted by atomic mass is 19.4. The average molecular weight is 410 g/mol. The molecule has 2 saturated heterocycles. The summed E-state index contributed by atoms with van der Waals surface area (Å²) in [5.74, 6) is -0.304. The molecule has 29 heavy (non-hydrogen) atoms. The monoisotopic (exact) mass is 410 g/mol. The number of urea groups is 1. The lowest BCUT2D eigenvalue weighted by atomic mass is 9.92. The zero-order chi connectivity index (χ0) is 20.6. The van der Waals surface area contributed by atoms with Gasteiger partial charge in [0.2, 0.25) is 0 Å². The van der Waals surface area contributed by atoms with E-state index in [-0.39, 0.29) is 23.4 Å². The van der Waals surface area contributed by atoms with E-state index in [2.05, 4.69) is 10.2 Å². The predicted molar refractivity (Wildman–Crippen MR) is 97.7 cm³/mol. The maximum Gasteiger partial charge on any atom is 0.416 e. The Morgan fingerprint density at radius 2 is 1.97 bits per heavy atom. The van der Waals surface area contributed by atoms with Crippen molar-refractivity contribution in [3.05, 3.63) is 53.1 Å². The normalized spacial score (nSPS) is 20.2. The largest absolute Gasteiger partial charge is 0.416 e. The van der Waals surface area contributed by atoms with Gasteiger partial charge in [-0.2, -0.15) is 18.3 Å². The molecule has 2 fully saturated rings. The van der Waals surface area contributed by atoms with Crippen LogP contribution in [0.25, 0.3) is 0 Å². The molecule has 1 aromatic heterocycles. The highest BCUT2D eigenvalue weighted by Crippen LogP contribution is 2.32. The van der Waals surface area contributed by atoms with Crippen molar-refractivity contribution in [2.75, 3.05) is 26.2 Å². The smallest absolute Gasteiger partial charge is 0.324 e. The molecule has 0 aliphatic carbocycles. The summed E-state index contributed by atoms with van der Waals surface area (Å²) in [7, 11) is 0. The third kappa shape index (κ3) is 4.23. The second kappa shape index (κ2) is 7.68. The number of aromatic amines is 1. The molecule has 0 unspecified atom stereocenters. The summed E-state index contributed by atoms with van der Waals surface area (Å²) in [6, 6.07) is 4.62. The Morgan fingerprint density at radius 3 is 2.62 bits per heavy atom. The molecular weight excluding hydrogens is 388 g/mol. The lowest BCUT2D eigenvalue weighted by Gasteiger charge is -2.41. The number of aryl methyl sites for hydroxylation is 1. The minimum atomic E-state index is -4.54.